The maximum Gasteiger partial charge on any atom is 0.350 e. The molecule has 1 aromatic heterocycles. The molecule has 0 saturated heterocycles. The Bertz CT molecular complexity index is 1060. The van der Waals surface area contributed by atoms with Crippen molar-refractivity contribution in [3.63, 3.8) is 0 Å². The van der Waals surface area contributed by atoms with Crippen molar-refractivity contribution in [2.75, 3.05) is 12.4 Å². The van der Waals surface area contributed by atoms with Gasteiger partial charge in [0.2, 0.25) is 0 Å². The summed E-state index contributed by atoms with van der Waals surface area (Å²) in [5.41, 5.74) is 4.25. The molecular weight excluding hydrogens is 354 g/mol. The van der Waals surface area contributed by atoms with Gasteiger partial charge in [-0.3, -0.25) is 0 Å². The van der Waals surface area contributed by atoms with Gasteiger partial charge in [0.25, 0.3) is 0 Å². The maximum atomic E-state index is 5.57. The lowest BCUT2D eigenvalue weighted by Gasteiger charge is -2.04. The number of benzene rings is 3. The van der Waals surface area contributed by atoms with Gasteiger partial charge in [0.15, 0.2) is 11.4 Å². The molecule has 0 amide bonds. The summed E-state index contributed by atoms with van der Waals surface area (Å²) in [6, 6.07) is 26.4. The van der Waals surface area contributed by atoms with E-state index < -0.39 is 0 Å². The van der Waals surface area contributed by atoms with Crippen LogP contribution >= 0.6 is 11.5 Å². The number of rotatable bonds is 5. The molecule has 4 nitrogen and oxygen atoms in total. The largest absolute Gasteiger partial charge is 0.492 e. The SMILES string of the molecule is COc1ccccc1-[n+]1sc(Nc2ccccc2C)nc1-c1ccccc1. The molecule has 4 aromatic rings. The van der Waals surface area contributed by atoms with Crippen LogP contribution in [0.3, 0.4) is 0 Å². The molecule has 4 rings (SSSR count). The number of methoxy groups -OCH3 is 1. The molecular formula is C22H20N3OS+. The highest BCUT2D eigenvalue weighted by Crippen LogP contribution is 2.28. The summed E-state index contributed by atoms with van der Waals surface area (Å²) in [5.74, 6) is 1.69. The van der Waals surface area contributed by atoms with Crippen LogP contribution in [0.15, 0.2) is 78.9 Å². The Morgan fingerprint density at radius 1 is 0.889 bits per heavy atom. The third-order valence-electron chi connectivity index (χ3n) is 4.30. The van der Waals surface area contributed by atoms with E-state index in [2.05, 4.69) is 40.5 Å². The summed E-state index contributed by atoms with van der Waals surface area (Å²) in [4.78, 5) is 4.88. The van der Waals surface area contributed by atoms with Crippen LogP contribution < -0.4 is 14.0 Å². The molecule has 1 heterocycles. The topological polar surface area (TPSA) is 38.0 Å². The molecule has 0 bridgehead atoms. The molecule has 0 spiro atoms. The van der Waals surface area contributed by atoms with Gasteiger partial charge in [-0.2, -0.15) is 0 Å². The summed E-state index contributed by atoms with van der Waals surface area (Å²) in [5, 5.41) is 4.28. The van der Waals surface area contributed by atoms with Crippen molar-refractivity contribution >= 4 is 22.4 Å². The monoisotopic (exact) mass is 374 g/mol. The predicted molar refractivity (Wildman–Crippen MR) is 110 cm³/mol. The third-order valence-corrected chi connectivity index (χ3v) is 5.22. The normalized spacial score (nSPS) is 10.6. The van der Waals surface area contributed by atoms with Crippen LogP contribution in [0.4, 0.5) is 10.8 Å². The van der Waals surface area contributed by atoms with Gasteiger partial charge in [0.05, 0.1) is 12.7 Å². The lowest BCUT2D eigenvalue weighted by Crippen LogP contribution is -2.28. The minimum absolute atomic E-state index is 0.811. The zero-order valence-corrected chi connectivity index (χ0v) is 16.0. The van der Waals surface area contributed by atoms with Crippen molar-refractivity contribution < 1.29 is 8.69 Å². The van der Waals surface area contributed by atoms with Crippen molar-refractivity contribution in [2.45, 2.75) is 6.92 Å². The van der Waals surface area contributed by atoms with Gasteiger partial charge in [-0.15, -0.1) is 3.96 Å². The second-order valence-corrected chi connectivity index (χ2v) is 7.04. The molecule has 134 valence electrons. The minimum Gasteiger partial charge on any atom is -0.492 e. The van der Waals surface area contributed by atoms with Crippen molar-refractivity contribution in [3.05, 3.63) is 84.4 Å². The van der Waals surface area contributed by atoms with E-state index in [0.717, 1.165) is 33.6 Å². The molecule has 0 atom stereocenters. The number of aryl methyl sites for hydroxylation is 1. The highest BCUT2D eigenvalue weighted by molar-refractivity contribution is 7.06. The average Bonchev–Trinajstić information content (AvgIpc) is 3.14. The highest BCUT2D eigenvalue weighted by atomic mass is 32.1. The van der Waals surface area contributed by atoms with Crippen molar-refractivity contribution in [1.82, 2.24) is 4.98 Å². The number of para-hydroxylation sites is 3. The zero-order valence-electron chi connectivity index (χ0n) is 15.2. The quantitative estimate of drug-likeness (QED) is 0.491. The standard InChI is InChI=1S/C22H19N3OS/c1-16-10-6-7-13-18(16)23-22-24-21(17-11-4-3-5-12-17)25(27-22)19-14-8-9-15-20(19)26-2/h3-15H,1-2H3/p+1. The van der Waals surface area contributed by atoms with E-state index in [1.807, 2.05) is 54.6 Å². The first kappa shape index (κ1) is 17.2. The molecule has 0 saturated carbocycles. The number of aromatic nitrogens is 2. The molecule has 0 aliphatic heterocycles. The summed E-state index contributed by atoms with van der Waals surface area (Å²) in [6.07, 6.45) is 0. The number of hydrogen-bond donors (Lipinski definition) is 1. The first-order valence-electron chi connectivity index (χ1n) is 8.71. The van der Waals surface area contributed by atoms with E-state index in [-0.39, 0.29) is 0 Å². The second-order valence-electron chi connectivity index (χ2n) is 6.10. The van der Waals surface area contributed by atoms with Crippen LogP contribution in [0, 0.1) is 6.92 Å². The number of hydrogen-bond acceptors (Lipinski definition) is 4. The van der Waals surface area contributed by atoms with Gasteiger partial charge in [0.1, 0.15) is 11.5 Å². The van der Waals surface area contributed by atoms with E-state index in [1.165, 1.54) is 5.56 Å². The second kappa shape index (κ2) is 7.60. The smallest absolute Gasteiger partial charge is 0.350 e. The summed E-state index contributed by atoms with van der Waals surface area (Å²) in [6.45, 7) is 2.09. The molecule has 5 heteroatoms. The number of nitrogens with zero attached hydrogens (tertiary/aromatic N) is 2. The highest BCUT2D eigenvalue weighted by Gasteiger charge is 2.26. The van der Waals surface area contributed by atoms with E-state index in [1.54, 1.807) is 18.6 Å². The van der Waals surface area contributed by atoms with E-state index in [9.17, 15) is 0 Å². The van der Waals surface area contributed by atoms with Crippen molar-refractivity contribution in [3.8, 4) is 22.8 Å². The Balaban J connectivity index is 1.84. The fourth-order valence-electron chi connectivity index (χ4n) is 2.90. The van der Waals surface area contributed by atoms with Gasteiger partial charge in [-0.25, -0.2) is 0 Å². The number of ether oxygens (including phenoxy) is 1. The molecule has 1 N–H and O–H groups in total. The van der Waals surface area contributed by atoms with Crippen LogP contribution in [0.2, 0.25) is 0 Å². The first-order chi connectivity index (χ1) is 13.3. The average molecular weight is 374 g/mol. The molecule has 0 fully saturated rings. The Hall–Kier alpha value is -3.18. The predicted octanol–water partition coefficient (Wildman–Crippen LogP) is 5.15. The van der Waals surface area contributed by atoms with E-state index in [4.69, 9.17) is 9.72 Å². The van der Waals surface area contributed by atoms with Gasteiger partial charge in [0, 0.05) is 5.69 Å². The zero-order chi connectivity index (χ0) is 18.6. The fraction of sp³-hybridized carbons (Fsp3) is 0.0909. The summed E-state index contributed by atoms with van der Waals surface area (Å²) < 4.78 is 7.68. The maximum absolute atomic E-state index is 5.57. The first-order valence-corrected chi connectivity index (χ1v) is 9.48. The number of nitrogens with one attached hydrogen (secondary N) is 1. The molecule has 0 unspecified atom stereocenters. The van der Waals surface area contributed by atoms with Gasteiger partial charge < -0.3 is 10.1 Å². The third kappa shape index (κ3) is 3.55. The van der Waals surface area contributed by atoms with Crippen LogP contribution in [-0.2, 0) is 0 Å². The lowest BCUT2D eigenvalue weighted by atomic mass is 10.2. The van der Waals surface area contributed by atoms with Crippen LogP contribution in [0.25, 0.3) is 17.1 Å². The summed E-state index contributed by atoms with van der Waals surface area (Å²) >= 11 is 1.55. The van der Waals surface area contributed by atoms with Crippen LogP contribution in [0.1, 0.15) is 5.56 Å². The molecule has 0 radical (unpaired) electrons. The van der Waals surface area contributed by atoms with Gasteiger partial charge in [-0.05, 0) is 47.8 Å². The van der Waals surface area contributed by atoms with E-state index in [0.29, 0.717) is 0 Å². The Morgan fingerprint density at radius 2 is 1.59 bits per heavy atom. The van der Waals surface area contributed by atoms with Gasteiger partial charge >= 0.3 is 11.0 Å². The van der Waals surface area contributed by atoms with Crippen molar-refractivity contribution in [2.24, 2.45) is 0 Å². The van der Waals surface area contributed by atoms with Crippen LogP contribution in [0.5, 0.6) is 5.75 Å². The van der Waals surface area contributed by atoms with E-state index >= 15 is 0 Å². The molecule has 27 heavy (non-hydrogen) atoms. The molecule has 3 aromatic carbocycles. The molecule has 0 aliphatic carbocycles. The lowest BCUT2D eigenvalue weighted by molar-refractivity contribution is -0.510. The Labute approximate surface area is 162 Å². The Kier molecular flexibility index (Phi) is 4.85. The molecule has 0 aliphatic rings. The van der Waals surface area contributed by atoms with Gasteiger partial charge in [-0.1, -0.05) is 48.5 Å². The van der Waals surface area contributed by atoms with Crippen LogP contribution in [-0.4, -0.2) is 12.1 Å². The fourth-order valence-corrected chi connectivity index (χ4v) is 3.84. The van der Waals surface area contributed by atoms with Crippen molar-refractivity contribution in [1.29, 1.82) is 0 Å². The Morgan fingerprint density at radius 3 is 2.37 bits per heavy atom. The summed E-state index contributed by atoms with van der Waals surface area (Å²) in [7, 11) is 1.69. The number of anilines is 2. The minimum atomic E-state index is 0.811.